The van der Waals surface area contributed by atoms with Crippen LogP contribution in [0, 0.1) is 0 Å². The fourth-order valence-corrected chi connectivity index (χ4v) is 0.729. The predicted molar refractivity (Wildman–Crippen MR) is 40.5 cm³/mol. The second-order valence-electron chi connectivity index (χ2n) is 2.16. The highest BCUT2D eigenvalue weighted by atomic mass is 14.7. The molecular formula is C6H16BN. The summed E-state index contributed by atoms with van der Waals surface area (Å²) in [6.45, 7) is 2.24. The van der Waals surface area contributed by atoms with Gasteiger partial charge in [0.2, 0.25) is 7.41 Å². The number of nitrogens with one attached hydrogen (secondary N) is 1. The Hall–Kier alpha value is 0.0249. The summed E-state index contributed by atoms with van der Waals surface area (Å²) in [5.74, 6) is 0. The molecule has 0 radical (unpaired) electrons. The van der Waals surface area contributed by atoms with Crippen molar-refractivity contribution in [1.29, 1.82) is 0 Å². The van der Waals surface area contributed by atoms with Crippen LogP contribution in [0.5, 0.6) is 0 Å². The number of unbranched alkanes of at least 4 members (excludes halogenated alkanes) is 2. The molecule has 48 valence electrons. The van der Waals surface area contributed by atoms with Crippen LogP contribution in [0.4, 0.5) is 0 Å². The van der Waals surface area contributed by atoms with E-state index in [4.69, 9.17) is 0 Å². The average Bonchev–Trinajstić information content (AvgIpc) is 1.81. The van der Waals surface area contributed by atoms with Crippen molar-refractivity contribution in [3.05, 3.63) is 0 Å². The molecule has 1 N–H and O–H groups in total. The molecule has 0 heterocycles. The van der Waals surface area contributed by atoms with E-state index in [0.717, 1.165) is 0 Å². The van der Waals surface area contributed by atoms with Crippen LogP contribution in [0.2, 0.25) is 6.32 Å². The molecule has 0 bridgehead atoms. The zero-order valence-electron chi connectivity index (χ0n) is 6.04. The molecule has 0 aromatic carbocycles. The minimum Gasteiger partial charge on any atom is -0.361 e. The Balaban J connectivity index is 2.53. The third-order valence-corrected chi connectivity index (χ3v) is 1.28. The summed E-state index contributed by atoms with van der Waals surface area (Å²) in [6.07, 6.45) is 5.45. The molecule has 0 saturated carbocycles. The van der Waals surface area contributed by atoms with Crippen LogP contribution in [0.25, 0.3) is 0 Å². The van der Waals surface area contributed by atoms with Crippen molar-refractivity contribution < 1.29 is 0 Å². The van der Waals surface area contributed by atoms with E-state index in [1.807, 2.05) is 7.05 Å². The molecule has 0 atom stereocenters. The molecule has 0 fully saturated rings. The summed E-state index contributed by atoms with van der Waals surface area (Å²) in [6, 6.07) is 0. The van der Waals surface area contributed by atoms with Gasteiger partial charge in [0.25, 0.3) is 0 Å². The van der Waals surface area contributed by atoms with E-state index in [-0.39, 0.29) is 0 Å². The minimum atomic E-state index is 1.18. The lowest BCUT2D eigenvalue weighted by Crippen LogP contribution is -2.11. The fourth-order valence-electron chi connectivity index (χ4n) is 0.729. The molecule has 0 unspecified atom stereocenters. The van der Waals surface area contributed by atoms with Crippen LogP contribution in [0.1, 0.15) is 26.2 Å². The zero-order chi connectivity index (χ0) is 6.24. The molecule has 0 saturated heterocycles. The van der Waals surface area contributed by atoms with E-state index in [9.17, 15) is 0 Å². The van der Waals surface area contributed by atoms with Crippen LogP contribution in [-0.4, -0.2) is 14.5 Å². The van der Waals surface area contributed by atoms with E-state index in [1.165, 1.54) is 33.0 Å². The van der Waals surface area contributed by atoms with Crippen molar-refractivity contribution >= 4 is 7.41 Å². The van der Waals surface area contributed by atoms with Crippen LogP contribution in [-0.2, 0) is 0 Å². The molecule has 0 aliphatic rings. The molecule has 0 aliphatic heterocycles. The smallest absolute Gasteiger partial charge is 0.200 e. The van der Waals surface area contributed by atoms with Gasteiger partial charge in [0.15, 0.2) is 0 Å². The van der Waals surface area contributed by atoms with Gasteiger partial charge in [0.1, 0.15) is 0 Å². The van der Waals surface area contributed by atoms with Crippen LogP contribution in [0.3, 0.4) is 0 Å². The van der Waals surface area contributed by atoms with Crippen molar-refractivity contribution in [3.63, 3.8) is 0 Å². The van der Waals surface area contributed by atoms with E-state index in [1.54, 1.807) is 0 Å². The average molecular weight is 113 g/mol. The van der Waals surface area contributed by atoms with E-state index in [0.29, 0.717) is 0 Å². The van der Waals surface area contributed by atoms with Gasteiger partial charge in [-0.05, 0) is 7.05 Å². The second-order valence-corrected chi connectivity index (χ2v) is 2.16. The van der Waals surface area contributed by atoms with Gasteiger partial charge < -0.3 is 5.23 Å². The lowest BCUT2D eigenvalue weighted by Gasteiger charge is -1.93. The summed E-state index contributed by atoms with van der Waals surface area (Å²) in [4.78, 5) is 0. The zero-order valence-corrected chi connectivity index (χ0v) is 6.04. The lowest BCUT2D eigenvalue weighted by molar-refractivity contribution is 0.766. The Morgan fingerprint density at radius 3 is 2.62 bits per heavy atom. The lowest BCUT2D eigenvalue weighted by atomic mass is 9.87. The summed E-state index contributed by atoms with van der Waals surface area (Å²) in [5.41, 5.74) is 0. The van der Waals surface area contributed by atoms with Gasteiger partial charge in [-0.1, -0.05) is 32.5 Å². The first-order valence-electron chi connectivity index (χ1n) is 3.56. The molecule has 0 aliphatic carbocycles. The summed E-state index contributed by atoms with van der Waals surface area (Å²) in [5, 5.41) is 3.13. The SMILES string of the molecule is CCCCCBNC. The normalized spacial score (nSPS) is 9.25. The first-order chi connectivity index (χ1) is 3.91. The number of rotatable bonds is 5. The molecule has 0 amide bonds. The molecule has 1 nitrogen and oxygen atoms in total. The Labute approximate surface area is 53.1 Å². The fraction of sp³-hybridized carbons (Fsp3) is 1.00. The maximum absolute atomic E-state index is 3.13. The summed E-state index contributed by atoms with van der Waals surface area (Å²) in [7, 11) is 3.19. The van der Waals surface area contributed by atoms with Crippen molar-refractivity contribution in [3.8, 4) is 0 Å². The quantitative estimate of drug-likeness (QED) is 0.416. The highest BCUT2D eigenvalue weighted by Gasteiger charge is 1.85. The van der Waals surface area contributed by atoms with E-state index < -0.39 is 0 Å². The van der Waals surface area contributed by atoms with Crippen LogP contribution >= 0.6 is 0 Å². The monoisotopic (exact) mass is 113 g/mol. The third kappa shape index (κ3) is 6.02. The molecule has 0 rings (SSSR count). The Bertz CT molecular complexity index is 33.5. The maximum atomic E-state index is 3.13. The Morgan fingerprint density at radius 1 is 1.38 bits per heavy atom. The highest BCUT2D eigenvalue weighted by Crippen LogP contribution is 1.96. The summed E-state index contributed by atoms with van der Waals surface area (Å²) < 4.78 is 0. The minimum absolute atomic E-state index is 1.18. The van der Waals surface area contributed by atoms with Gasteiger partial charge in [0, 0.05) is 0 Å². The topological polar surface area (TPSA) is 12.0 Å². The molecule has 2 heteroatoms. The predicted octanol–water partition coefficient (Wildman–Crippen LogP) is 1.17. The molecule has 0 aromatic rings. The largest absolute Gasteiger partial charge is 0.361 e. The summed E-state index contributed by atoms with van der Waals surface area (Å²) >= 11 is 0. The van der Waals surface area contributed by atoms with Crippen LogP contribution < -0.4 is 5.23 Å². The first-order valence-corrected chi connectivity index (χ1v) is 3.56. The van der Waals surface area contributed by atoms with E-state index in [2.05, 4.69) is 12.2 Å². The number of hydrogen-bond donors (Lipinski definition) is 1. The van der Waals surface area contributed by atoms with Crippen molar-refractivity contribution in [2.75, 3.05) is 7.05 Å². The molecule has 0 spiro atoms. The molecule has 0 aromatic heterocycles. The van der Waals surface area contributed by atoms with Gasteiger partial charge in [-0.25, -0.2) is 0 Å². The third-order valence-electron chi connectivity index (χ3n) is 1.28. The van der Waals surface area contributed by atoms with Gasteiger partial charge in [-0.2, -0.15) is 0 Å². The van der Waals surface area contributed by atoms with Crippen molar-refractivity contribution in [2.45, 2.75) is 32.5 Å². The Kier molecular flexibility index (Phi) is 7.05. The Morgan fingerprint density at radius 2 is 2.12 bits per heavy atom. The van der Waals surface area contributed by atoms with Gasteiger partial charge >= 0.3 is 0 Å². The number of hydrogen-bond acceptors (Lipinski definition) is 1. The highest BCUT2D eigenvalue weighted by molar-refractivity contribution is 6.31. The van der Waals surface area contributed by atoms with Gasteiger partial charge in [-0.3, -0.25) is 0 Å². The first kappa shape index (κ1) is 8.02. The van der Waals surface area contributed by atoms with Crippen molar-refractivity contribution in [1.82, 2.24) is 5.23 Å². The van der Waals surface area contributed by atoms with Gasteiger partial charge in [-0.15, -0.1) is 0 Å². The standard InChI is InChI=1S/C6H16BN/c1-3-4-5-6-7-8-2/h7-8H,3-6H2,1-2H3. The van der Waals surface area contributed by atoms with Gasteiger partial charge in [0.05, 0.1) is 0 Å². The molecule has 8 heavy (non-hydrogen) atoms. The van der Waals surface area contributed by atoms with Crippen LogP contribution in [0.15, 0.2) is 0 Å². The van der Waals surface area contributed by atoms with Crippen molar-refractivity contribution in [2.24, 2.45) is 0 Å². The molecular weight excluding hydrogens is 96.9 g/mol. The second kappa shape index (κ2) is 7.02. The van der Waals surface area contributed by atoms with E-state index >= 15 is 0 Å². The maximum Gasteiger partial charge on any atom is 0.200 e.